The van der Waals surface area contributed by atoms with Crippen LogP contribution in [0.4, 0.5) is 5.69 Å². The van der Waals surface area contributed by atoms with E-state index in [1.807, 2.05) is 0 Å². The fourth-order valence-electron chi connectivity index (χ4n) is 12.7. The normalized spacial score (nSPS) is 31.2. The quantitative estimate of drug-likeness (QED) is 0.108. The molecule has 428 valence electrons. The molecule has 3 fully saturated rings. The van der Waals surface area contributed by atoms with Crippen molar-refractivity contribution in [3.63, 3.8) is 0 Å². The van der Waals surface area contributed by atoms with Gasteiger partial charge in [-0.25, -0.2) is 4.99 Å². The molecule has 6 heterocycles. The maximum absolute atomic E-state index is 15.1. The molecule has 0 radical (unpaired) electrons. The van der Waals surface area contributed by atoms with Crippen LogP contribution in [0.2, 0.25) is 0 Å². The number of benzene rings is 2. The number of anilines is 1. The van der Waals surface area contributed by atoms with Gasteiger partial charge in [0.05, 0.1) is 41.2 Å². The molecule has 18 nitrogen and oxygen atoms in total. The molecular formula is C60H86N6O12. The number of piperidine rings is 1. The standard InChI is InChI=1S/C60H86N6O12/c1-33(2)31-64-24-22-60(23-25-64)62-45-42-43-50(69)39(8)53-44(42)54(71)59(11,78-53)76-30-21-41(75-12)36(5)52(77-57(74)58(9,10)56(73)66-28-26-65(27-29-66)32-40-19-14-13-15-20-40)38(7)49(68)37(6)48(67)34(3)17-16-18-35(4)55(72)61-47(51(43)70)46(45)63-60/h16-18,21,30,33-34,36-38,40-41,48-49,52,62,67-70H,13-15,19-20,22-29,31-32H2,1-12H3/b17-16+,30-21+,35-18-,61-47?/t34-,36+,37+,38+,41-,48-,49+,52+,59-/m0/s1. The van der Waals surface area contributed by atoms with Crippen LogP contribution in [0.3, 0.4) is 0 Å². The molecular weight excluding hydrogens is 997 g/mol. The second-order valence-electron chi connectivity index (χ2n) is 24.5. The van der Waals surface area contributed by atoms with Crippen LogP contribution >= 0.6 is 0 Å². The number of amides is 2. The lowest BCUT2D eigenvalue weighted by molar-refractivity contribution is -0.178. The summed E-state index contributed by atoms with van der Waals surface area (Å²) < 4.78 is 25.1. The molecule has 7 aliphatic rings. The number of carbonyl (C=O) groups excluding carboxylic acids is 4. The molecule has 1 spiro atoms. The number of phenolic OH excluding ortho intramolecular Hbond substituents is 2. The van der Waals surface area contributed by atoms with Crippen molar-refractivity contribution in [3.8, 4) is 17.2 Å². The first-order chi connectivity index (χ1) is 36.8. The van der Waals surface area contributed by atoms with E-state index >= 15 is 4.79 Å². The average Bonchev–Trinajstić information content (AvgIpc) is 4.07. The number of fused-ring (bicyclic) bond motifs is 13. The number of piperazine rings is 1. The van der Waals surface area contributed by atoms with Crippen LogP contribution < -0.4 is 20.8 Å². The van der Waals surface area contributed by atoms with Crippen LogP contribution in [0.5, 0.6) is 17.2 Å². The third-order valence-corrected chi connectivity index (χ3v) is 17.8. The molecule has 0 unspecified atom stereocenters. The Morgan fingerprint density at radius 3 is 2.18 bits per heavy atom. The summed E-state index contributed by atoms with van der Waals surface area (Å²) >= 11 is 0. The maximum Gasteiger partial charge on any atom is 0.321 e. The number of aliphatic hydroxyl groups is 2. The Morgan fingerprint density at radius 2 is 1.54 bits per heavy atom. The highest BCUT2D eigenvalue weighted by Gasteiger charge is 2.51. The van der Waals surface area contributed by atoms with Gasteiger partial charge in [0.2, 0.25) is 5.91 Å². The van der Waals surface area contributed by atoms with E-state index in [0.717, 1.165) is 26.2 Å². The molecule has 2 amide bonds. The van der Waals surface area contributed by atoms with E-state index in [0.29, 0.717) is 56.5 Å². The Kier molecular flexibility index (Phi) is 17.6. The van der Waals surface area contributed by atoms with Crippen molar-refractivity contribution in [3.05, 3.63) is 58.0 Å². The van der Waals surface area contributed by atoms with E-state index in [4.69, 9.17) is 23.9 Å². The zero-order chi connectivity index (χ0) is 56.8. The van der Waals surface area contributed by atoms with Crippen molar-refractivity contribution in [2.45, 2.75) is 157 Å². The SMILES string of the molecule is CO[C@H]1/C=C/O[C@@]2(C)Oc3c(C)c(O)c4c(O)c(c5c(c4c3C2=O)NC2(CCN(CC(C)C)CC2)N=5)=NC(=O)/C(C)=C\C=C\[C@H](C)[C@H](O)[C@@H](C)[C@@H](O)[C@@H](C)[C@H](OC(=O)C(C)(C)C(=O)N2CCN(CC3CCCCC3)CC2)[C@@H]1C. The minimum atomic E-state index is -2.02. The highest BCUT2D eigenvalue weighted by atomic mass is 16.7. The highest BCUT2D eigenvalue weighted by Crippen LogP contribution is 2.51. The van der Waals surface area contributed by atoms with E-state index in [2.05, 4.69) is 34.0 Å². The number of carbonyl (C=O) groups is 4. The minimum Gasteiger partial charge on any atom is -0.507 e. The number of nitrogens with one attached hydrogen (secondary N) is 1. The summed E-state index contributed by atoms with van der Waals surface area (Å²) in [5.41, 5.74) is -1.82. The van der Waals surface area contributed by atoms with E-state index in [1.54, 1.807) is 78.5 Å². The molecule has 78 heavy (non-hydrogen) atoms. The van der Waals surface area contributed by atoms with Crippen LogP contribution in [-0.4, -0.2) is 154 Å². The van der Waals surface area contributed by atoms with Crippen molar-refractivity contribution in [1.82, 2.24) is 14.7 Å². The molecule has 2 aromatic rings. The molecule has 1 saturated carbocycles. The molecule has 2 aromatic carbocycles. The van der Waals surface area contributed by atoms with Gasteiger partial charge < -0.3 is 54.5 Å². The number of aliphatic hydroxyl groups excluding tert-OH is 2. The van der Waals surface area contributed by atoms with E-state index < -0.39 is 88.4 Å². The molecule has 0 aromatic heterocycles. The number of rotatable bonds is 8. The lowest BCUT2D eigenvalue weighted by Crippen LogP contribution is -2.55. The van der Waals surface area contributed by atoms with Gasteiger partial charge in [0.25, 0.3) is 11.7 Å². The van der Waals surface area contributed by atoms with E-state index in [-0.39, 0.29) is 55.6 Å². The summed E-state index contributed by atoms with van der Waals surface area (Å²) in [6.45, 7) is 24.8. The molecule has 2 saturated heterocycles. The van der Waals surface area contributed by atoms with Gasteiger partial charge in [0.1, 0.15) is 39.4 Å². The van der Waals surface area contributed by atoms with Crippen LogP contribution in [0.1, 0.15) is 130 Å². The molecule has 6 aliphatic heterocycles. The Morgan fingerprint density at radius 1 is 0.872 bits per heavy atom. The van der Waals surface area contributed by atoms with Gasteiger partial charge in [0, 0.05) is 119 Å². The zero-order valence-corrected chi connectivity index (χ0v) is 48.1. The van der Waals surface area contributed by atoms with Crippen LogP contribution in [-0.2, 0) is 28.6 Å². The highest BCUT2D eigenvalue weighted by molar-refractivity contribution is 6.21. The van der Waals surface area contributed by atoms with Crippen molar-refractivity contribution < 1.29 is 58.6 Å². The number of allylic oxidation sites excluding steroid dienone is 2. The number of hydrogen-bond acceptors (Lipinski definition) is 16. The third-order valence-electron chi connectivity index (χ3n) is 17.8. The van der Waals surface area contributed by atoms with E-state index in [9.17, 15) is 34.8 Å². The molecule has 9 atom stereocenters. The van der Waals surface area contributed by atoms with E-state index in [1.165, 1.54) is 58.5 Å². The van der Waals surface area contributed by atoms with Crippen molar-refractivity contribution in [2.24, 2.45) is 50.9 Å². The second-order valence-corrected chi connectivity index (χ2v) is 24.5. The number of esters is 1. The summed E-state index contributed by atoms with van der Waals surface area (Å²) in [4.78, 5) is 74.2. The number of aromatic hydroxyl groups is 2. The number of Topliss-reactive ketones (excluding diaryl/α,β-unsaturated/α-hetero) is 1. The Hall–Kier alpha value is -5.40. The number of nitrogens with zero attached hydrogens (tertiary/aromatic N) is 5. The number of hydrogen-bond donors (Lipinski definition) is 5. The second kappa shape index (κ2) is 23.4. The number of ketones is 1. The van der Waals surface area contributed by atoms with Gasteiger partial charge in [-0.2, -0.15) is 0 Å². The predicted molar refractivity (Wildman–Crippen MR) is 295 cm³/mol. The van der Waals surface area contributed by atoms with Gasteiger partial charge in [-0.15, -0.1) is 0 Å². The molecule has 5 N–H and O–H groups in total. The lowest BCUT2D eigenvalue weighted by atomic mass is 9.78. The van der Waals surface area contributed by atoms with Crippen LogP contribution in [0.15, 0.2) is 46.1 Å². The zero-order valence-electron chi connectivity index (χ0n) is 48.1. The molecule has 1 aliphatic carbocycles. The summed E-state index contributed by atoms with van der Waals surface area (Å²) in [7, 11) is 1.46. The molecule has 18 heteroatoms. The molecule has 5 bridgehead atoms. The topological polar surface area (TPSA) is 233 Å². The van der Waals surface area contributed by atoms with Gasteiger partial charge in [-0.1, -0.05) is 79.0 Å². The predicted octanol–water partition coefficient (Wildman–Crippen LogP) is 6.48. The minimum absolute atomic E-state index is 0.0312. The average molecular weight is 1080 g/mol. The first kappa shape index (κ1) is 58.7. The van der Waals surface area contributed by atoms with Gasteiger partial charge in [-0.05, 0) is 58.4 Å². The summed E-state index contributed by atoms with van der Waals surface area (Å²) in [5, 5.41) is 51.8. The fourth-order valence-corrected chi connectivity index (χ4v) is 12.7. The van der Waals surface area contributed by atoms with Crippen molar-refractivity contribution >= 4 is 40.0 Å². The van der Waals surface area contributed by atoms with Crippen LogP contribution in [0, 0.1) is 47.8 Å². The Balaban J connectivity index is 1.15. The Labute approximate surface area is 459 Å². The number of methoxy groups -OCH3 is 1. The first-order valence-corrected chi connectivity index (χ1v) is 28.5. The third kappa shape index (κ3) is 11.5. The van der Waals surface area contributed by atoms with Gasteiger partial charge >= 0.3 is 11.8 Å². The van der Waals surface area contributed by atoms with Crippen molar-refractivity contribution in [2.75, 3.05) is 64.8 Å². The first-order valence-electron chi connectivity index (χ1n) is 28.5. The number of ether oxygens (including phenoxy) is 4. The summed E-state index contributed by atoms with van der Waals surface area (Å²) in [6, 6.07) is 0. The van der Waals surface area contributed by atoms with Gasteiger partial charge in [0.15, 0.2) is 5.75 Å². The monoisotopic (exact) mass is 1080 g/mol. The smallest absolute Gasteiger partial charge is 0.321 e. The fraction of sp³-hybridized carbons (Fsp3) is 0.667. The van der Waals surface area contributed by atoms with Gasteiger partial charge in [-0.3, -0.25) is 29.1 Å². The lowest BCUT2D eigenvalue weighted by Gasteiger charge is -2.41. The number of likely N-dealkylation sites (tertiary alicyclic amines) is 1. The van der Waals surface area contributed by atoms with Crippen molar-refractivity contribution in [1.29, 1.82) is 0 Å². The van der Waals surface area contributed by atoms with Crippen LogP contribution in [0.25, 0.3) is 10.8 Å². The Bertz CT molecular complexity index is 2840. The molecule has 9 rings (SSSR count). The number of phenols is 2. The summed E-state index contributed by atoms with van der Waals surface area (Å²) in [5.74, 6) is -7.15. The largest absolute Gasteiger partial charge is 0.507 e. The summed E-state index contributed by atoms with van der Waals surface area (Å²) in [6.07, 6.45) is 10.7. The maximum atomic E-state index is 15.1.